The molecule has 0 saturated carbocycles. The predicted octanol–water partition coefficient (Wildman–Crippen LogP) is 2.02. The van der Waals surface area contributed by atoms with E-state index >= 15 is 0 Å². The SMILES string of the molecule is N#Cc1ccc(Cn2cncc2CCNC(=O)C(F)(F)F)cc1. The zero-order chi connectivity index (χ0) is 16.9. The molecule has 2 aromatic rings. The Labute approximate surface area is 130 Å². The van der Waals surface area contributed by atoms with Gasteiger partial charge in [0.25, 0.3) is 0 Å². The Hall–Kier alpha value is -2.82. The van der Waals surface area contributed by atoms with Crippen LogP contribution in [0.4, 0.5) is 13.2 Å². The first kappa shape index (κ1) is 16.5. The summed E-state index contributed by atoms with van der Waals surface area (Å²) < 4.78 is 38.1. The van der Waals surface area contributed by atoms with Gasteiger partial charge in [0, 0.05) is 31.4 Å². The number of hydrogen-bond donors (Lipinski definition) is 1. The Bertz CT molecular complexity index is 714. The summed E-state index contributed by atoms with van der Waals surface area (Å²) in [4.78, 5) is 14.7. The number of amides is 1. The monoisotopic (exact) mass is 322 g/mol. The summed E-state index contributed by atoms with van der Waals surface area (Å²) in [6.07, 6.45) is -1.52. The molecule has 23 heavy (non-hydrogen) atoms. The van der Waals surface area contributed by atoms with Crippen molar-refractivity contribution in [1.82, 2.24) is 14.9 Å². The maximum absolute atomic E-state index is 12.1. The number of carbonyl (C=O) groups excluding carboxylic acids is 1. The van der Waals surface area contributed by atoms with Crippen molar-refractivity contribution >= 4 is 5.91 Å². The van der Waals surface area contributed by atoms with E-state index in [0.717, 1.165) is 5.56 Å². The van der Waals surface area contributed by atoms with E-state index in [1.807, 2.05) is 11.4 Å². The van der Waals surface area contributed by atoms with Crippen molar-refractivity contribution in [2.75, 3.05) is 6.54 Å². The van der Waals surface area contributed by atoms with Crippen LogP contribution in [0.1, 0.15) is 16.8 Å². The van der Waals surface area contributed by atoms with Gasteiger partial charge in [0.05, 0.1) is 18.0 Å². The van der Waals surface area contributed by atoms with E-state index in [-0.39, 0.29) is 13.0 Å². The standard InChI is InChI=1S/C15H13F3N4O/c16-15(17,18)14(23)21-6-5-13-8-20-10-22(13)9-12-3-1-11(7-19)2-4-12/h1-4,8,10H,5-6,9H2,(H,21,23). The van der Waals surface area contributed by atoms with Gasteiger partial charge in [-0.3, -0.25) is 4.79 Å². The lowest BCUT2D eigenvalue weighted by Gasteiger charge is -2.10. The van der Waals surface area contributed by atoms with Gasteiger partial charge in [-0.2, -0.15) is 18.4 Å². The lowest BCUT2D eigenvalue weighted by molar-refractivity contribution is -0.173. The highest BCUT2D eigenvalue weighted by Gasteiger charge is 2.38. The molecule has 0 bridgehead atoms. The number of benzene rings is 1. The fourth-order valence-corrected chi connectivity index (χ4v) is 1.98. The fraction of sp³-hybridized carbons (Fsp3) is 0.267. The molecule has 1 N–H and O–H groups in total. The van der Waals surface area contributed by atoms with Crippen LogP contribution in [0.15, 0.2) is 36.8 Å². The smallest absolute Gasteiger partial charge is 0.348 e. The number of halogens is 3. The first-order valence-electron chi connectivity index (χ1n) is 6.73. The van der Waals surface area contributed by atoms with E-state index < -0.39 is 12.1 Å². The number of alkyl halides is 3. The maximum atomic E-state index is 12.1. The summed E-state index contributed by atoms with van der Waals surface area (Å²) in [5.74, 6) is -1.95. The molecule has 0 aliphatic rings. The average molecular weight is 322 g/mol. The Balaban J connectivity index is 1.94. The Morgan fingerprint density at radius 2 is 2.00 bits per heavy atom. The second-order valence-electron chi connectivity index (χ2n) is 4.83. The first-order chi connectivity index (χ1) is 10.9. The highest BCUT2D eigenvalue weighted by molar-refractivity contribution is 5.81. The Morgan fingerprint density at radius 3 is 2.61 bits per heavy atom. The van der Waals surface area contributed by atoms with Gasteiger partial charge in [-0.05, 0) is 17.7 Å². The maximum Gasteiger partial charge on any atom is 0.471 e. The molecule has 1 heterocycles. The molecule has 0 fully saturated rings. The molecule has 0 saturated heterocycles. The summed E-state index contributed by atoms with van der Waals surface area (Å²) in [7, 11) is 0. The molecule has 0 unspecified atom stereocenters. The molecule has 5 nitrogen and oxygen atoms in total. The number of nitriles is 1. The van der Waals surface area contributed by atoms with Gasteiger partial charge in [0.1, 0.15) is 0 Å². The second kappa shape index (κ2) is 6.96. The number of hydrogen-bond acceptors (Lipinski definition) is 3. The lowest BCUT2D eigenvalue weighted by Crippen LogP contribution is -2.37. The molecule has 8 heteroatoms. The van der Waals surface area contributed by atoms with Crippen molar-refractivity contribution in [2.45, 2.75) is 19.1 Å². The lowest BCUT2D eigenvalue weighted by atomic mass is 10.1. The third-order valence-corrected chi connectivity index (χ3v) is 3.16. The summed E-state index contributed by atoms with van der Waals surface area (Å²) >= 11 is 0. The minimum atomic E-state index is -4.87. The zero-order valence-corrected chi connectivity index (χ0v) is 12.0. The minimum Gasteiger partial charge on any atom is -0.348 e. The Morgan fingerprint density at radius 1 is 1.30 bits per heavy atom. The number of rotatable bonds is 5. The van der Waals surface area contributed by atoms with Crippen molar-refractivity contribution in [3.05, 3.63) is 53.6 Å². The van der Waals surface area contributed by atoms with E-state index in [2.05, 4.69) is 4.98 Å². The van der Waals surface area contributed by atoms with Gasteiger partial charge >= 0.3 is 12.1 Å². The van der Waals surface area contributed by atoms with Gasteiger partial charge in [0.2, 0.25) is 0 Å². The van der Waals surface area contributed by atoms with Gasteiger partial charge in [-0.15, -0.1) is 0 Å². The molecule has 0 aliphatic carbocycles. The van der Waals surface area contributed by atoms with Crippen LogP contribution in [-0.2, 0) is 17.8 Å². The van der Waals surface area contributed by atoms with Crippen LogP contribution in [0.5, 0.6) is 0 Å². The Kier molecular flexibility index (Phi) is 5.01. The first-order valence-corrected chi connectivity index (χ1v) is 6.73. The number of nitrogens with one attached hydrogen (secondary N) is 1. The third-order valence-electron chi connectivity index (χ3n) is 3.16. The number of imidazole rings is 1. The van der Waals surface area contributed by atoms with Crippen LogP contribution < -0.4 is 5.32 Å². The third kappa shape index (κ3) is 4.57. The molecule has 0 aliphatic heterocycles. The van der Waals surface area contributed by atoms with Gasteiger partial charge in [-0.1, -0.05) is 12.1 Å². The van der Waals surface area contributed by atoms with Crippen molar-refractivity contribution in [1.29, 1.82) is 5.26 Å². The molecular weight excluding hydrogens is 309 g/mol. The van der Waals surface area contributed by atoms with E-state index in [1.165, 1.54) is 0 Å². The van der Waals surface area contributed by atoms with Gasteiger partial charge < -0.3 is 9.88 Å². The van der Waals surface area contributed by atoms with Crippen LogP contribution in [-0.4, -0.2) is 28.2 Å². The quantitative estimate of drug-likeness (QED) is 0.915. The molecule has 1 aromatic heterocycles. The van der Waals surface area contributed by atoms with Crippen LogP contribution in [0.3, 0.4) is 0 Å². The summed E-state index contributed by atoms with van der Waals surface area (Å²) in [5, 5.41) is 10.6. The average Bonchev–Trinajstić information content (AvgIpc) is 2.94. The minimum absolute atomic E-state index is 0.128. The van der Waals surface area contributed by atoms with Crippen LogP contribution in [0.2, 0.25) is 0 Å². The summed E-state index contributed by atoms with van der Waals surface area (Å²) in [6, 6.07) is 9.00. The summed E-state index contributed by atoms with van der Waals surface area (Å²) in [6.45, 7) is 0.353. The molecule has 2 rings (SSSR count). The van der Waals surface area contributed by atoms with E-state index in [0.29, 0.717) is 17.8 Å². The number of aromatic nitrogens is 2. The highest BCUT2D eigenvalue weighted by Crippen LogP contribution is 2.14. The van der Waals surface area contributed by atoms with Crippen LogP contribution in [0, 0.1) is 11.3 Å². The fourth-order valence-electron chi connectivity index (χ4n) is 1.98. The highest BCUT2D eigenvalue weighted by atomic mass is 19.4. The summed E-state index contributed by atoms with van der Waals surface area (Å²) in [5.41, 5.74) is 2.19. The molecule has 0 radical (unpaired) electrons. The molecule has 120 valence electrons. The molecule has 1 aromatic carbocycles. The zero-order valence-electron chi connectivity index (χ0n) is 12.0. The van der Waals surface area contributed by atoms with E-state index in [4.69, 9.17) is 5.26 Å². The molecule has 0 spiro atoms. The number of carbonyl (C=O) groups is 1. The normalized spacial score (nSPS) is 11.0. The van der Waals surface area contributed by atoms with Crippen LogP contribution >= 0.6 is 0 Å². The van der Waals surface area contributed by atoms with E-state index in [1.54, 1.807) is 41.4 Å². The van der Waals surface area contributed by atoms with Gasteiger partial charge in [-0.25, -0.2) is 4.98 Å². The van der Waals surface area contributed by atoms with Crippen LogP contribution in [0.25, 0.3) is 0 Å². The topological polar surface area (TPSA) is 70.7 Å². The predicted molar refractivity (Wildman–Crippen MR) is 75.3 cm³/mol. The largest absolute Gasteiger partial charge is 0.471 e. The van der Waals surface area contributed by atoms with Crippen molar-refractivity contribution in [3.8, 4) is 6.07 Å². The molecule has 1 amide bonds. The molecule has 0 atom stereocenters. The van der Waals surface area contributed by atoms with Crippen molar-refractivity contribution in [2.24, 2.45) is 0 Å². The van der Waals surface area contributed by atoms with Crippen molar-refractivity contribution in [3.63, 3.8) is 0 Å². The van der Waals surface area contributed by atoms with Gasteiger partial charge in [0.15, 0.2) is 0 Å². The molecular formula is C15H13F3N4O. The second-order valence-corrected chi connectivity index (χ2v) is 4.83. The number of nitrogens with zero attached hydrogens (tertiary/aromatic N) is 3. The van der Waals surface area contributed by atoms with Crippen molar-refractivity contribution < 1.29 is 18.0 Å². The van der Waals surface area contributed by atoms with E-state index in [9.17, 15) is 18.0 Å².